The molecule has 7 heteroatoms. The monoisotopic (exact) mass is 388 g/mol. The highest BCUT2D eigenvalue weighted by molar-refractivity contribution is 9.10. The maximum absolute atomic E-state index is 12.0. The van der Waals surface area contributed by atoms with E-state index in [4.69, 9.17) is 27.9 Å². The van der Waals surface area contributed by atoms with Gasteiger partial charge in [-0.1, -0.05) is 23.2 Å². The Hall–Kier alpha value is -1.30. The number of halogens is 3. The Morgan fingerprint density at radius 3 is 2.62 bits per heavy atom. The van der Waals surface area contributed by atoms with Crippen LogP contribution in [0, 0.1) is 0 Å². The van der Waals surface area contributed by atoms with Gasteiger partial charge in [0, 0.05) is 11.2 Å². The quantitative estimate of drug-likeness (QED) is 0.833. The number of aromatic nitrogens is 1. The van der Waals surface area contributed by atoms with Crippen LogP contribution in [-0.4, -0.2) is 17.0 Å². The van der Waals surface area contributed by atoms with E-state index in [0.717, 1.165) is 0 Å². The highest BCUT2D eigenvalue weighted by Gasteiger charge is 2.16. The molecule has 1 heterocycles. The highest BCUT2D eigenvalue weighted by Crippen LogP contribution is 2.28. The normalized spacial score (nSPS) is 11.8. The minimum atomic E-state index is -0.694. The molecule has 1 atom stereocenters. The van der Waals surface area contributed by atoms with Crippen LogP contribution in [0.1, 0.15) is 6.92 Å². The number of anilines is 1. The van der Waals surface area contributed by atoms with Crippen LogP contribution in [0.3, 0.4) is 0 Å². The van der Waals surface area contributed by atoms with Crippen molar-refractivity contribution in [1.29, 1.82) is 0 Å². The number of carbonyl (C=O) groups is 1. The van der Waals surface area contributed by atoms with Crippen LogP contribution in [-0.2, 0) is 4.79 Å². The van der Waals surface area contributed by atoms with Crippen molar-refractivity contribution in [1.82, 2.24) is 4.98 Å². The maximum Gasteiger partial charge on any atom is 0.266 e. The summed E-state index contributed by atoms with van der Waals surface area (Å²) >= 11 is 14.9. The molecule has 110 valence electrons. The molecule has 1 aromatic carbocycles. The van der Waals surface area contributed by atoms with Gasteiger partial charge < -0.3 is 10.1 Å². The first kappa shape index (κ1) is 16.1. The van der Waals surface area contributed by atoms with Crippen molar-refractivity contribution in [2.45, 2.75) is 13.0 Å². The first-order chi connectivity index (χ1) is 9.95. The summed E-state index contributed by atoms with van der Waals surface area (Å²) in [5.41, 5.74) is 0. The molecule has 0 spiro atoms. The molecule has 21 heavy (non-hydrogen) atoms. The van der Waals surface area contributed by atoms with Crippen LogP contribution in [0.2, 0.25) is 10.0 Å². The van der Waals surface area contributed by atoms with Crippen LogP contribution >= 0.6 is 39.1 Å². The Bertz CT molecular complexity index is 650. The third-order valence-electron chi connectivity index (χ3n) is 2.55. The predicted molar refractivity (Wildman–Crippen MR) is 87.1 cm³/mol. The van der Waals surface area contributed by atoms with Crippen molar-refractivity contribution >= 4 is 50.9 Å². The molecule has 0 saturated heterocycles. The fourth-order valence-electron chi connectivity index (χ4n) is 1.49. The second kappa shape index (κ2) is 7.11. The molecule has 0 fully saturated rings. The van der Waals surface area contributed by atoms with E-state index >= 15 is 0 Å². The lowest BCUT2D eigenvalue weighted by atomic mass is 10.3. The first-order valence-electron chi connectivity index (χ1n) is 6.00. The van der Waals surface area contributed by atoms with Crippen LogP contribution in [0.25, 0.3) is 0 Å². The lowest BCUT2D eigenvalue weighted by molar-refractivity contribution is -0.122. The zero-order chi connectivity index (χ0) is 15.4. The summed E-state index contributed by atoms with van der Waals surface area (Å²) in [5, 5.41) is 3.73. The van der Waals surface area contributed by atoms with Crippen LogP contribution in [0.4, 0.5) is 5.82 Å². The van der Waals surface area contributed by atoms with E-state index in [0.29, 0.717) is 26.1 Å². The smallest absolute Gasteiger partial charge is 0.266 e. The van der Waals surface area contributed by atoms with Crippen molar-refractivity contribution in [2.75, 3.05) is 5.32 Å². The molecule has 1 aromatic heterocycles. The molecule has 0 aliphatic rings. The van der Waals surface area contributed by atoms with E-state index in [9.17, 15) is 4.79 Å². The van der Waals surface area contributed by atoms with Gasteiger partial charge in [0.2, 0.25) is 0 Å². The van der Waals surface area contributed by atoms with Gasteiger partial charge in [-0.2, -0.15) is 0 Å². The second-order valence-electron chi connectivity index (χ2n) is 4.19. The first-order valence-corrected chi connectivity index (χ1v) is 7.55. The molecule has 1 amide bonds. The van der Waals surface area contributed by atoms with E-state index in [-0.39, 0.29) is 5.91 Å². The SMILES string of the molecule is C[C@H](Oc1ccc(Cl)cc1Br)C(=O)Nc1ccc(Cl)cn1. The Kier molecular flexibility index (Phi) is 5.45. The van der Waals surface area contributed by atoms with Gasteiger partial charge in [-0.15, -0.1) is 0 Å². The standard InChI is InChI=1S/C14H11BrCl2N2O2/c1-8(21-12-4-2-9(16)6-11(12)15)14(20)19-13-5-3-10(17)7-18-13/h2-8H,1H3,(H,18,19,20)/t8-/m0/s1. The van der Waals surface area contributed by atoms with Crippen LogP contribution in [0.15, 0.2) is 41.0 Å². The van der Waals surface area contributed by atoms with Crippen molar-refractivity contribution in [2.24, 2.45) is 0 Å². The number of pyridine rings is 1. The summed E-state index contributed by atoms with van der Waals surface area (Å²) in [7, 11) is 0. The molecule has 0 saturated carbocycles. The molecule has 4 nitrogen and oxygen atoms in total. The zero-order valence-electron chi connectivity index (χ0n) is 10.9. The van der Waals surface area contributed by atoms with Crippen molar-refractivity contribution in [3.63, 3.8) is 0 Å². The van der Waals surface area contributed by atoms with Crippen LogP contribution < -0.4 is 10.1 Å². The Morgan fingerprint density at radius 2 is 2.00 bits per heavy atom. The largest absolute Gasteiger partial charge is 0.480 e. The van der Waals surface area contributed by atoms with Crippen molar-refractivity contribution in [3.8, 4) is 5.75 Å². The maximum atomic E-state index is 12.0. The number of nitrogens with zero attached hydrogens (tertiary/aromatic N) is 1. The molecular formula is C14H11BrCl2N2O2. The van der Waals surface area contributed by atoms with Gasteiger partial charge >= 0.3 is 0 Å². The third kappa shape index (κ3) is 4.59. The Balaban J connectivity index is 2.00. The topological polar surface area (TPSA) is 51.2 Å². The number of benzene rings is 1. The molecule has 0 bridgehead atoms. The summed E-state index contributed by atoms with van der Waals surface area (Å²) in [5.74, 6) is 0.632. The predicted octanol–water partition coefficient (Wildman–Crippen LogP) is 4.56. The minimum absolute atomic E-state index is 0.313. The Morgan fingerprint density at radius 1 is 1.29 bits per heavy atom. The zero-order valence-corrected chi connectivity index (χ0v) is 14.0. The summed E-state index contributed by atoms with van der Waals surface area (Å²) in [6.45, 7) is 1.65. The van der Waals surface area contributed by atoms with E-state index in [1.807, 2.05) is 0 Å². The summed E-state index contributed by atoms with van der Waals surface area (Å²) in [6.07, 6.45) is 0.762. The van der Waals surface area contributed by atoms with Gasteiger partial charge in [0.25, 0.3) is 5.91 Å². The summed E-state index contributed by atoms with van der Waals surface area (Å²) in [6, 6.07) is 8.34. The average Bonchev–Trinajstić information content (AvgIpc) is 2.44. The number of hydrogen-bond acceptors (Lipinski definition) is 3. The molecular weight excluding hydrogens is 379 g/mol. The van der Waals surface area contributed by atoms with Gasteiger partial charge in [0.05, 0.1) is 9.50 Å². The van der Waals surface area contributed by atoms with Gasteiger partial charge in [0.1, 0.15) is 11.6 Å². The molecule has 1 N–H and O–H groups in total. The van der Waals surface area contributed by atoms with E-state index in [2.05, 4.69) is 26.2 Å². The number of ether oxygens (including phenoxy) is 1. The number of hydrogen-bond donors (Lipinski definition) is 1. The average molecular weight is 390 g/mol. The third-order valence-corrected chi connectivity index (χ3v) is 3.62. The van der Waals surface area contributed by atoms with Crippen molar-refractivity contribution in [3.05, 3.63) is 51.0 Å². The van der Waals surface area contributed by atoms with Gasteiger partial charge in [-0.25, -0.2) is 4.98 Å². The van der Waals surface area contributed by atoms with E-state index < -0.39 is 6.10 Å². The van der Waals surface area contributed by atoms with Gasteiger partial charge in [0.15, 0.2) is 6.10 Å². The number of nitrogens with one attached hydrogen (secondary N) is 1. The molecule has 0 aliphatic carbocycles. The van der Waals surface area contributed by atoms with Gasteiger partial charge in [-0.05, 0) is 53.2 Å². The molecule has 2 rings (SSSR count). The summed E-state index contributed by atoms with van der Waals surface area (Å²) < 4.78 is 6.27. The molecule has 0 radical (unpaired) electrons. The fraction of sp³-hybridized carbons (Fsp3) is 0.143. The lowest BCUT2D eigenvalue weighted by Crippen LogP contribution is -2.30. The molecule has 0 aliphatic heterocycles. The Labute approximate surface area is 140 Å². The van der Waals surface area contributed by atoms with Crippen LogP contribution in [0.5, 0.6) is 5.75 Å². The summed E-state index contributed by atoms with van der Waals surface area (Å²) in [4.78, 5) is 16.0. The fourth-order valence-corrected chi connectivity index (χ4v) is 2.38. The minimum Gasteiger partial charge on any atom is -0.480 e. The number of carbonyl (C=O) groups excluding carboxylic acids is 1. The number of rotatable bonds is 4. The highest BCUT2D eigenvalue weighted by atomic mass is 79.9. The van der Waals surface area contributed by atoms with E-state index in [1.165, 1.54) is 6.20 Å². The van der Waals surface area contributed by atoms with Crippen molar-refractivity contribution < 1.29 is 9.53 Å². The van der Waals surface area contributed by atoms with E-state index in [1.54, 1.807) is 37.3 Å². The lowest BCUT2D eigenvalue weighted by Gasteiger charge is -2.15. The molecule has 2 aromatic rings. The second-order valence-corrected chi connectivity index (χ2v) is 5.91. The van der Waals surface area contributed by atoms with Gasteiger partial charge in [-0.3, -0.25) is 4.79 Å². The number of amides is 1. The molecule has 0 unspecified atom stereocenters.